The Hall–Kier alpha value is -2.41. The number of hydrogen-bond donors (Lipinski definition) is 1. The molecule has 0 saturated carbocycles. The van der Waals surface area contributed by atoms with Crippen molar-refractivity contribution >= 4 is 6.09 Å². The summed E-state index contributed by atoms with van der Waals surface area (Å²) in [6.07, 6.45) is 6.42. The molecule has 1 N–H and O–H groups in total. The highest BCUT2D eigenvalue weighted by Crippen LogP contribution is 2.20. The molecule has 1 aliphatic rings. The Labute approximate surface area is 134 Å². The van der Waals surface area contributed by atoms with Crippen LogP contribution in [0.25, 0.3) is 11.3 Å². The van der Waals surface area contributed by atoms with E-state index in [2.05, 4.69) is 15.4 Å². The summed E-state index contributed by atoms with van der Waals surface area (Å²) >= 11 is 0. The average molecular weight is 316 g/mol. The van der Waals surface area contributed by atoms with Crippen LogP contribution in [0, 0.1) is 0 Å². The first-order chi connectivity index (χ1) is 11.2. The van der Waals surface area contributed by atoms with Crippen molar-refractivity contribution in [3.63, 3.8) is 0 Å². The summed E-state index contributed by atoms with van der Waals surface area (Å²) in [7, 11) is 1.86. The van der Waals surface area contributed by atoms with Gasteiger partial charge in [0.15, 0.2) is 0 Å². The Balaban J connectivity index is 1.60. The fraction of sp³-hybridized carbons (Fsp3) is 0.438. The molecule has 1 fully saturated rings. The molecular formula is C16H20N4O3. The van der Waals surface area contributed by atoms with Crippen LogP contribution in [-0.4, -0.2) is 40.2 Å². The van der Waals surface area contributed by atoms with E-state index in [-0.39, 0.29) is 6.10 Å². The Morgan fingerprint density at radius 1 is 1.48 bits per heavy atom. The standard InChI is InChI=1S/C16H20N4O3/c1-20-11-13(10-19-20)15-12(3-2-6-17-15)9-18-16(21)23-14-4-7-22-8-5-14/h2-3,6,10-11,14H,4-5,7-9H2,1H3,(H,18,21). The smallest absolute Gasteiger partial charge is 0.407 e. The summed E-state index contributed by atoms with van der Waals surface area (Å²) in [5.74, 6) is 0. The Bertz CT molecular complexity index is 665. The first-order valence-electron chi connectivity index (χ1n) is 7.67. The van der Waals surface area contributed by atoms with Crippen molar-refractivity contribution in [3.05, 3.63) is 36.3 Å². The van der Waals surface area contributed by atoms with Crippen LogP contribution >= 0.6 is 0 Å². The van der Waals surface area contributed by atoms with Crippen LogP contribution in [-0.2, 0) is 23.1 Å². The molecule has 3 heterocycles. The van der Waals surface area contributed by atoms with Crippen molar-refractivity contribution in [1.82, 2.24) is 20.1 Å². The molecule has 0 unspecified atom stereocenters. The molecule has 0 bridgehead atoms. The molecule has 7 heteroatoms. The fourth-order valence-corrected chi connectivity index (χ4v) is 2.54. The largest absolute Gasteiger partial charge is 0.446 e. The highest BCUT2D eigenvalue weighted by atomic mass is 16.6. The number of alkyl carbamates (subject to hydrolysis) is 1. The Kier molecular flexibility index (Phi) is 4.87. The predicted octanol–water partition coefficient (Wildman–Crippen LogP) is 1.89. The number of amides is 1. The average Bonchev–Trinajstić information content (AvgIpc) is 3.00. The van der Waals surface area contributed by atoms with Crippen LogP contribution in [0.2, 0.25) is 0 Å². The fourth-order valence-electron chi connectivity index (χ4n) is 2.54. The number of nitrogens with zero attached hydrogens (tertiary/aromatic N) is 3. The number of nitrogens with one attached hydrogen (secondary N) is 1. The third-order valence-corrected chi connectivity index (χ3v) is 3.73. The molecule has 23 heavy (non-hydrogen) atoms. The summed E-state index contributed by atoms with van der Waals surface area (Å²) in [6, 6.07) is 3.78. The molecule has 2 aromatic rings. The molecule has 2 aromatic heterocycles. The number of ether oxygens (including phenoxy) is 2. The lowest BCUT2D eigenvalue weighted by molar-refractivity contribution is 0.00151. The van der Waals surface area contributed by atoms with Gasteiger partial charge in [0.25, 0.3) is 0 Å². The zero-order valence-electron chi connectivity index (χ0n) is 13.1. The molecule has 3 rings (SSSR count). The number of pyridine rings is 1. The van der Waals surface area contributed by atoms with Gasteiger partial charge in [-0.2, -0.15) is 5.10 Å². The third kappa shape index (κ3) is 4.07. The first kappa shape index (κ1) is 15.5. The van der Waals surface area contributed by atoms with Gasteiger partial charge in [-0.05, 0) is 11.6 Å². The van der Waals surface area contributed by atoms with Crippen molar-refractivity contribution in [2.45, 2.75) is 25.5 Å². The highest BCUT2D eigenvalue weighted by molar-refractivity contribution is 5.68. The van der Waals surface area contributed by atoms with Crippen molar-refractivity contribution in [1.29, 1.82) is 0 Å². The Morgan fingerprint density at radius 2 is 2.30 bits per heavy atom. The molecule has 0 aromatic carbocycles. The van der Waals surface area contributed by atoms with Gasteiger partial charge in [-0.25, -0.2) is 4.79 Å². The maximum atomic E-state index is 11.9. The molecule has 122 valence electrons. The van der Waals surface area contributed by atoms with Crippen LogP contribution in [0.5, 0.6) is 0 Å². The monoisotopic (exact) mass is 316 g/mol. The number of hydrogen-bond acceptors (Lipinski definition) is 5. The summed E-state index contributed by atoms with van der Waals surface area (Å²) in [4.78, 5) is 16.3. The lowest BCUT2D eigenvalue weighted by atomic mass is 10.1. The number of aryl methyl sites for hydroxylation is 1. The minimum absolute atomic E-state index is 0.0598. The van der Waals surface area contributed by atoms with Crippen LogP contribution < -0.4 is 5.32 Å². The van der Waals surface area contributed by atoms with E-state index in [0.717, 1.165) is 29.7 Å². The SMILES string of the molecule is Cn1cc(-c2ncccc2CNC(=O)OC2CCOCC2)cn1. The van der Waals surface area contributed by atoms with E-state index in [4.69, 9.17) is 9.47 Å². The number of carbonyl (C=O) groups excluding carboxylic acids is 1. The molecule has 0 radical (unpaired) electrons. The molecular weight excluding hydrogens is 296 g/mol. The van der Waals surface area contributed by atoms with Gasteiger partial charge in [0.2, 0.25) is 0 Å². The molecule has 0 spiro atoms. The van der Waals surface area contributed by atoms with Gasteiger partial charge in [-0.1, -0.05) is 6.07 Å². The second-order valence-corrected chi connectivity index (χ2v) is 5.48. The normalized spacial score (nSPS) is 15.3. The van der Waals surface area contributed by atoms with Crippen molar-refractivity contribution in [2.75, 3.05) is 13.2 Å². The topological polar surface area (TPSA) is 78.3 Å². The summed E-state index contributed by atoms with van der Waals surface area (Å²) in [5, 5.41) is 6.95. The van der Waals surface area contributed by atoms with Gasteiger partial charge in [0, 0.05) is 44.4 Å². The van der Waals surface area contributed by atoms with E-state index in [0.29, 0.717) is 19.8 Å². The molecule has 0 atom stereocenters. The van der Waals surface area contributed by atoms with E-state index in [9.17, 15) is 4.79 Å². The first-order valence-corrected chi connectivity index (χ1v) is 7.67. The molecule has 1 saturated heterocycles. The van der Waals surface area contributed by atoms with Crippen LogP contribution in [0.4, 0.5) is 4.79 Å². The van der Waals surface area contributed by atoms with E-state index in [1.54, 1.807) is 17.1 Å². The van der Waals surface area contributed by atoms with Crippen molar-refractivity contribution in [3.8, 4) is 11.3 Å². The zero-order valence-corrected chi connectivity index (χ0v) is 13.1. The second kappa shape index (κ2) is 7.23. The predicted molar refractivity (Wildman–Crippen MR) is 83.6 cm³/mol. The third-order valence-electron chi connectivity index (χ3n) is 3.73. The molecule has 1 aliphatic heterocycles. The Morgan fingerprint density at radius 3 is 3.04 bits per heavy atom. The quantitative estimate of drug-likeness (QED) is 0.932. The maximum Gasteiger partial charge on any atom is 0.407 e. The van der Waals surface area contributed by atoms with Gasteiger partial charge in [-0.15, -0.1) is 0 Å². The zero-order chi connectivity index (χ0) is 16.1. The second-order valence-electron chi connectivity index (χ2n) is 5.48. The maximum absolute atomic E-state index is 11.9. The van der Waals surface area contributed by atoms with E-state index < -0.39 is 6.09 Å². The minimum Gasteiger partial charge on any atom is -0.446 e. The molecule has 0 aliphatic carbocycles. The van der Waals surface area contributed by atoms with E-state index in [1.807, 2.05) is 25.4 Å². The molecule has 1 amide bonds. The van der Waals surface area contributed by atoms with Gasteiger partial charge in [0.05, 0.1) is 25.1 Å². The van der Waals surface area contributed by atoms with Crippen LogP contribution in [0.15, 0.2) is 30.7 Å². The van der Waals surface area contributed by atoms with Gasteiger partial charge >= 0.3 is 6.09 Å². The van der Waals surface area contributed by atoms with Crippen molar-refractivity contribution in [2.24, 2.45) is 7.05 Å². The summed E-state index contributed by atoms with van der Waals surface area (Å²) in [6.45, 7) is 1.65. The number of rotatable bonds is 4. The van der Waals surface area contributed by atoms with Crippen LogP contribution in [0.3, 0.4) is 0 Å². The number of carbonyl (C=O) groups is 1. The van der Waals surface area contributed by atoms with Gasteiger partial charge < -0.3 is 14.8 Å². The van der Waals surface area contributed by atoms with Crippen molar-refractivity contribution < 1.29 is 14.3 Å². The van der Waals surface area contributed by atoms with Crippen LogP contribution in [0.1, 0.15) is 18.4 Å². The number of aromatic nitrogens is 3. The summed E-state index contributed by atoms with van der Waals surface area (Å²) < 4.78 is 12.4. The van der Waals surface area contributed by atoms with Gasteiger partial charge in [0.1, 0.15) is 6.10 Å². The van der Waals surface area contributed by atoms with E-state index in [1.165, 1.54) is 0 Å². The summed E-state index contributed by atoms with van der Waals surface area (Å²) in [5.41, 5.74) is 2.65. The van der Waals surface area contributed by atoms with E-state index >= 15 is 0 Å². The highest BCUT2D eigenvalue weighted by Gasteiger charge is 2.18. The molecule has 7 nitrogen and oxygen atoms in total. The minimum atomic E-state index is -0.405. The lowest BCUT2D eigenvalue weighted by Crippen LogP contribution is -2.32. The van der Waals surface area contributed by atoms with Gasteiger partial charge in [-0.3, -0.25) is 9.67 Å². The lowest BCUT2D eigenvalue weighted by Gasteiger charge is -2.22.